The molecule has 7 nitrogen and oxygen atoms in total. The van der Waals surface area contributed by atoms with Crippen molar-refractivity contribution in [3.8, 4) is 5.75 Å². The number of amides is 1. The molecule has 2 N–H and O–H groups in total. The van der Waals surface area contributed by atoms with Crippen molar-refractivity contribution in [3.63, 3.8) is 0 Å². The summed E-state index contributed by atoms with van der Waals surface area (Å²) >= 11 is 0. The number of ether oxygens (including phenoxy) is 1. The van der Waals surface area contributed by atoms with Crippen LogP contribution in [0.5, 0.6) is 5.75 Å². The van der Waals surface area contributed by atoms with Crippen LogP contribution in [0.2, 0.25) is 0 Å². The smallest absolute Gasteiger partial charge is 0.418 e. The number of aromatic nitrogens is 1. The second kappa shape index (κ2) is 7.94. The maximum atomic E-state index is 13.0. The van der Waals surface area contributed by atoms with Crippen LogP contribution in [0.1, 0.15) is 22.8 Å². The summed E-state index contributed by atoms with van der Waals surface area (Å²) in [6.45, 7) is 0.889. The lowest BCUT2D eigenvalue weighted by molar-refractivity contribution is -0.137. The molecule has 0 saturated heterocycles. The van der Waals surface area contributed by atoms with Gasteiger partial charge in [0.05, 0.1) is 17.9 Å². The van der Waals surface area contributed by atoms with Crippen LogP contribution in [0.3, 0.4) is 0 Å². The Morgan fingerprint density at radius 1 is 1.26 bits per heavy atom. The molecule has 0 spiro atoms. The maximum absolute atomic E-state index is 13.0. The zero-order valence-corrected chi connectivity index (χ0v) is 14.0. The third kappa shape index (κ3) is 4.87. The third-order valence-corrected chi connectivity index (χ3v) is 3.42. The lowest BCUT2D eigenvalue weighted by Gasteiger charge is -2.14. The monoisotopic (exact) mass is 384 g/mol. The molecule has 10 heteroatoms. The molecule has 1 aromatic carbocycles. The highest BCUT2D eigenvalue weighted by molar-refractivity contribution is 5.93. The molecular weight excluding hydrogens is 369 g/mol. The zero-order valence-electron chi connectivity index (χ0n) is 14.0. The van der Waals surface area contributed by atoms with Gasteiger partial charge in [-0.3, -0.25) is 9.59 Å². The van der Waals surface area contributed by atoms with E-state index in [1.54, 1.807) is 0 Å². The van der Waals surface area contributed by atoms with E-state index >= 15 is 0 Å². The fourth-order valence-electron chi connectivity index (χ4n) is 2.24. The molecule has 0 fully saturated rings. The number of anilines is 1. The number of nitrogens with zero attached hydrogens (tertiary/aromatic N) is 1. The predicted octanol–water partition coefficient (Wildman–Crippen LogP) is 2.39. The average molecular weight is 384 g/mol. The summed E-state index contributed by atoms with van der Waals surface area (Å²) in [5.41, 5.74) is -2.67. The van der Waals surface area contributed by atoms with Gasteiger partial charge in [-0.15, -0.1) is 0 Å². The van der Waals surface area contributed by atoms with E-state index in [0.717, 1.165) is 22.9 Å². The van der Waals surface area contributed by atoms with Crippen molar-refractivity contribution in [1.29, 1.82) is 0 Å². The van der Waals surface area contributed by atoms with Crippen LogP contribution in [0, 0.1) is 0 Å². The van der Waals surface area contributed by atoms with Crippen molar-refractivity contribution in [1.82, 2.24) is 4.57 Å². The topological polar surface area (TPSA) is 97.6 Å². The molecule has 27 heavy (non-hydrogen) atoms. The van der Waals surface area contributed by atoms with Crippen LogP contribution in [-0.4, -0.2) is 28.2 Å². The van der Waals surface area contributed by atoms with Gasteiger partial charge in [-0.1, -0.05) is 12.1 Å². The Labute approximate surface area is 151 Å². The standard InChI is InChI=1S/C17H15F3N2O5/c1-2-27-16(26)10-8-22(15(25)7-13(10)23)9-14(24)21-12-6-4-3-5-11(12)17(18,19)20/h3-8,23H,2,9H2,1H3,(H,21,24). The Morgan fingerprint density at radius 2 is 1.93 bits per heavy atom. The molecule has 0 radical (unpaired) electrons. The Kier molecular flexibility index (Phi) is 5.88. The molecule has 1 amide bonds. The molecule has 144 valence electrons. The van der Waals surface area contributed by atoms with E-state index in [1.807, 2.05) is 0 Å². The zero-order chi connectivity index (χ0) is 20.2. The number of halogens is 3. The quantitative estimate of drug-likeness (QED) is 0.772. The Hall–Kier alpha value is -3.30. The fraction of sp³-hybridized carbons (Fsp3) is 0.235. The van der Waals surface area contributed by atoms with Gasteiger partial charge < -0.3 is 19.7 Å². The van der Waals surface area contributed by atoms with Crippen LogP contribution in [0.15, 0.2) is 41.3 Å². The number of hydrogen-bond acceptors (Lipinski definition) is 5. The molecule has 0 bridgehead atoms. The van der Waals surface area contributed by atoms with Crippen LogP contribution >= 0.6 is 0 Å². The molecule has 0 unspecified atom stereocenters. The second-order valence-corrected chi connectivity index (χ2v) is 5.35. The first kappa shape index (κ1) is 20.0. The summed E-state index contributed by atoms with van der Waals surface area (Å²) in [4.78, 5) is 35.7. The SMILES string of the molecule is CCOC(=O)c1cn(CC(=O)Nc2ccccc2C(F)(F)F)c(=O)cc1O. The third-order valence-electron chi connectivity index (χ3n) is 3.42. The number of carbonyl (C=O) groups is 2. The number of aromatic hydroxyl groups is 1. The number of pyridine rings is 1. The molecule has 2 rings (SSSR count). The second-order valence-electron chi connectivity index (χ2n) is 5.35. The first-order valence-electron chi connectivity index (χ1n) is 7.70. The van der Waals surface area contributed by atoms with Crippen molar-refractivity contribution < 1.29 is 32.6 Å². The van der Waals surface area contributed by atoms with Gasteiger partial charge in [-0.05, 0) is 19.1 Å². The summed E-state index contributed by atoms with van der Waals surface area (Å²) in [6.07, 6.45) is -3.76. The number of rotatable bonds is 5. The van der Waals surface area contributed by atoms with Crippen molar-refractivity contribution in [2.75, 3.05) is 11.9 Å². The predicted molar refractivity (Wildman–Crippen MR) is 88.4 cm³/mol. The Morgan fingerprint density at radius 3 is 2.56 bits per heavy atom. The summed E-state index contributed by atoms with van der Waals surface area (Å²) in [5.74, 6) is -2.46. The lowest BCUT2D eigenvalue weighted by atomic mass is 10.1. The van der Waals surface area contributed by atoms with E-state index in [9.17, 15) is 32.7 Å². The summed E-state index contributed by atoms with van der Waals surface area (Å²) in [6, 6.07) is 5.08. The first-order chi connectivity index (χ1) is 12.6. The normalized spacial score (nSPS) is 11.1. The van der Waals surface area contributed by atoms with Crippen LogP contribution in [0.25, 0.3) is 0 Å². The van der Waals surface area contributed by atoms with E-state index in [1.165, 1.54) is 19.1 Å². The summed E-state index contributed by atoms with van der Waals surface area (Å²) in [5, 5.41) is 11.8. The highest BCUT2D eigenvalue weighted by Crippen LogP contribution is 2.34. The minimum absolute atomic E-state index is 0.0200. The minimum Gasteiger partial charge on any atom is -0.507 e. The van der Waals surface area contributed by atoms with Gasteiger partial charge in [0.2, 0.25) is 5.91 Å². The van der Waals surface area contributed by atoms with Gasteiger partial charge in [0.25, 0.3) is 5.56 Å². The number of carbonyl (C=O) groups excluding carboxylic acids is 2. The maximum Gasteiger partial charge on any atom is 0.418 e. The fourth-order valence-corrected chi connectivity index (χ4v) is 2.24. The highest BCUT2D eigenvalue weighted by atomic mass is 19.4. The number of hydrogen-bond donors (Lipinski definition) is 2. The van der Waals surface area contributed by atoms with E-state index in [4.69, 9.17) is 4.74 Å². The van der Waals surface area contributed by atoms with Crippen LogP contribution < -0.4 is 10.9 Å². The van der Waals surface area contributed by atoms with Crippen molar-refractivity contribution in [3.05, 3.63) is 58.0 Å². The van der Waals surface area contributed by atoms with E-state index in [0.29, 0.717) is 6.07 Å². The van der Waals surface area contributed by atoms with Gasteiger partial charge >= 0.3 is 12.1 Å². The molecule has 0 atom stereocenters. The Bertz CT molecular complexity index is 922. The number of benzene rings is 1. The van der Waals surface area contributed by atoms with Gasteiger partial charge in [-0.25, -0.2) is 4.79 Å². The van der Waals surface area contributed by atoms with Gasteiger partial charge in [0.15, 0.2) is 0 Å². The highest BCUT2D eigenvalue weighted by Gasteiger charge is 2.33. The number of nitrogens with one attached hydrogen (secondary N) is 1. The molecular formula is C17H15F3N2O5. The molecule has 1 heterocycles. The average Bonchev–Trinajstić information content (AvgIpc) is 2.57. The molecule has 0 aliphatic carbocycles. The Balaban J connectivity index is 2.26. The molecule has 1 aromatic heterocycles. The van der Waals surface area contributed by atoms with Crippen molar-refractivity contribution in [2.24, 2.45) is 0 Å². The van der Waals surface area contributed by atoms with Crippen LogP contribution in [-0.2, 0) is 22.3 Å². The van der Waals surface area contributed by atoms with Crippen LogP contribution in [0.4, 0.5) is 18.9 Å². The minimum atomic E-state index is -4.67. The summed E-state index contributed by atoms with van der Waals surface area (Å²) in [7, 11) is 0. The van der Waals surface area contributed by atoms with Crippen molar-refractivity contribution >= 4 is 17.6 Å². The summed E-state index contributed by atoms with van der Waals surface area (Å²) < 4.78 is 44.4. The number of esters is 1. The molecule has 0 aliphatic heterocycles. The van der Waals surface area contributed by atoms with Gasteiger partial charge in [-0.2, -0.15) is 13.2 Å². The van der Waals surface area contributed by atoms with E-state index in [2.05, 4.69) is 5.32 Å². The lowest BCUT2D eigenvalue weighted by Crippen LogP contribution is -2.28. The van der Waals surface area contributed by atoms with Gasteiger partial charge in [0, 0.05) is 12.3 Å². The molecule has 2 aromatic rings. The van der Waals surface area contributed by atoms with Gasteiger partial charge in [0.1, 0.15) is 17.9 Å². The number of para-hydroxylation sites is 1. The molecule has 0 saturated carbocycles. The first-order valence-corrected chi connectivity index (χ1v) is 7.70. The molecule has 0 aliphatic rings. The largest absolute Gasteiger partial charge is 0.507 e. The number of alkyl halides is 3. The van der Waals surface area contributed by atoms with E-state index < -0.39 is 47.2 Å². The van der Waals surface area contributed by atoms with E-state index in [-0.39, 0.29) is 12.2 Å². The van der Waals surface area contributed by atoms with Crippen molar-refractivity contribution in [2.45, 2.75) is 19.6 Å².